The van der Waals surface area contributed by atoms with Gasteiger partial charge in [0, 0.05) is 19.0 Å². The van der Waals surface area contributed by atoms with Gasteiger partial charge in [0.2, 0.25) is 0 Å². The Bertz CT molecular complexity index is 181. The Kier molecular flexibility index (Phi) is 6.52. The van der Waals surface area contributed by atoms with Crippen LogP contribution in [0.5, 0.6) is 0 Å². The minimum absolute atomic E-state index is 0.434. The topological polar surface area (TPSA) is 52.6 Å². The van der Waals surface area contributed by atoms with E-state index in [2.05, 4.69) is 31.0 Å². The van der Waals surface area contributed by atoms with Gasteiger partial charge < -0.3 is 10.4 Å². The third-order valence-corrected chi connectivity index (χ3v) is 2.87. The van der Waals surface area contributed by atoms with E-state index in [-0.39, 0.29) is 0 Å². The van der Waals surface area contributed by atoms with Crippen molar-refractivity contribution in [3.8, 4) is 0 Å². The second-order valence-corrected chi connectivity index (χ2v) is 4.12. The summed E-state index contributed by atoms with van der Waals surface area (Å²) >= 11 is 0. The number of nitrogens with one attached hydrogen (secondary N) is 1. The fourth-order valence-corrected chi connectivity index (χ4v) is 2.06. The molecule has 0 spiro atoms. The zero-order valence-electron chi connectivity index (χ0n) is 10.3. The van der Waals surface area contributed by atoms with Gasteiger partial charge in [-0.1, -0.05) is 13.8 Å². The summed E-state index contributed by atoms with van der Waals surface area (Å²) in [5.41, 5.74) is 0.434. The summed E-state index contributed by atoms with van der Waals surface area (Å²) < 4.78 is 0. The van der Waals surface area contributed by atoms with Crippen LogP contribution in [0, 0.1) is 0 Å². The summed E-state index contributed by atoms with van der Waals surface area (Å²) in [7, 11) is 0. The van der Waals surface area contributed by atoms with Crippen LogP contribution in [0.1, 0.15) is 34.1 Å². The van der Waals surface area contributed by atoms with Crippen LogP contribution in [-0.4, -0.2) is 47.7 Å². The fourth-order valence-electron chi connectivity index (χ4n) is 2.06. The van der Waals surface area contributed by atoms with Crippen LogP contribution in [0.2, 0.25) is 0 Å². The number of hydrogen-bond acceptors (Lipinski definition) is 3. The largest absolute Gasteiger partial charge is 0.481 e. The van der Waals surface area contributed by atoms with Gasteiger partial charge in [-0.2, -0.15) is 0 Å². The lowest BCUT2D eigenvalue weighted by atomic mass is 9.99. The third kappa shape index (κ3) is 5.14. The van der Waals surface area contributed by atoms with Gasteiger partial charge >= 0.3 is 0 Å². The molecule has 0 aromatic heterocycles. The maximum atomic E-state index is 9.00. The lowest BCUT2D eigenvalue weighted by molar-refractivity contribution is -0.134. The molecule has 4 nitrogen and oxygen atoms in total. The Morgan fingerprint density at radius 2 is 1.93 bits per heavy atom. The number of carbonyl (C=O) groups is 1. The van der Waals surface area contributed by atoms with Crippen molar-refractivity contribution in [2.24, 2.45) is 0 Å². The molecule has 1 fully saturated rings. The number of nitrogens with zero attached hydrogens (tertiary/aromatic N) is 1. The van der Waals surface area contributed by atoms with Crippen molar-refractivity contribution in [2.75, 3.05) is 26.2 Å². The lowest BCUT2D eigenvalue weighted by Gasteiger charge is -2.36. The highest BCUT2D eigenvalue weighted by atomic mass is 16.4. The number of carboxylic acids is 1. The molecular formula is C11H24N2O2. The number of likely N-dealkylation sites (N-methyl/N-ethyl adjacent to an activating group) is 1. The molecule has 0 amide bonds. The standard InChI is InChI=1S/C9H20N2.C2H4O2/c1-4-11(5-2)9(3)6-7-10-8-9;1-2(3)4/h10H,4-8H2,1-3H3;1H3,(H,3,4). The molecule has 0 bridgehead atoms. The van der Waals surface area contributed by atoms with Crippen LogP contribution in [0.3, 0.4) is 0 Å². The Balaban J connectivity index is 0.000000423. The van der Waals surface area contributed by atoms with Crippen LogP contribution >= 0.6 is 0 Å². The van der Waals surface area contributed by atoms with Gasteiger partial charge in [0.25, 0.3) is 5.97 Å². The lowest BCUT2D eigenvalue weighted by Crippen LogP contribution is -2.47. The highest BCUT2D eigenvalue weighted by molar-refractivity contribution is 5.62. The van der Waals surface area contributed by atoms with Crippen LogP contribution in [0.4, 0.5) is 0 Å². The second-order valence-electron chi connectivity index (χ2n) is 4.12. The van der Waals surface area contributed by atoms with E-state index in [9.17, 15) is 0 Å². The number of hydrogen-bond donors (Lipinski definition) is 2. The van der Waals surface area contributed by atoms with Crippen molar-refractivity contribution in [1.82, 2.24) is 10.2 Å². The fraction of sp³-hybridized carbons (Fsp3) is 0.909. The molecule has 4 heteroatoms. The molecule has 2 N–H and O–H groups in total. The minimum Gasteiger partial charge on any atom is -0.481 e. The Labute approximate surface area is 92.7 Å². The van der Waals surface area contributed by atoms with Crippen molar-refractivity contribution in [3.63, 3.8) is 0 Å². The maximum Gasteiger partial charge on any atom is 0.300 e. The zero-order chi connectivity index (χ0) is 11.9. The quantitative estimate of drug-likeness (QED) is 0.743. The molecule has 0 aromatic rings. The molecule has 1 aliphatic rings. The summed E-state index contributed by atoms with van der Waals surface area (Å²) in [6.07, 6.45) is 1.30. The van der Waals surface area contributed by atoms with E-state index in [1.165, 1.54) is 26.1 Å². The molecule has 1 aliphatic heterocycles. The summed E-state index contributed by atoms with van der Waals surface area (Å²) in [6, 6.07) is 0. The molecule has 1 saturated heterocycles. The summed E-state index contributed by atoms with van der Waals surface area (Å²) in [4.78, 5) is 11.5. The van der Waals surface area contributed by atoms with Crippen molar-refractivity contribution in [2.45, 2.75) is 39.7 Å². The van der Waals surface area contributed by atoms with E-state index in [0.717, 1.165) is 13.5 Å². The molecular weight excluding hydrogens is 192 g/mol. The predicted molar refractivity (Wildman–Crippen MR) is 62.1 cm³/mol. The smallest absolute Gasteiger partial charge is 0.300 e. The van der Waals surface area contributed by atoms with Gasteiger partial charge in [0.1, 0.15) is 0 Å². The molecule has 1 unspecified atom stereocenters. The SMILES string of the molecule is CC(=O)O.CCN(CC)C1(C)CCNC1. The Hall–Kier alpha value is -0.610. The van der Waals surface area contributed by atoms with Crippen LogP contribution in [0.15, 0.2) is 0 Å². The highest BCUT2D eigenvalue weighted by Crippen LogP contribution is 2.21. The molecule has 90 valence electrons. The van der Waals surface area contributed by atoms with Gasteiger partial charge in [-0.15, -0.1) is 0 Å². The van der Waals surface area contributed by atoms with Gasteiger partial charge in [-0.25, -0.2) is 0 Å². The predicted octanol–water partition coefficient (Wildman–Crippen LogP) is 1.17. The van der Waals surface area contributed by atoms with E-state index >= 15 is 0 Å². The number of aliphatic carboxylic acids is 1. The summed E-state index contributed by atoms with van der Waals surface area (Å²) in [6.45, 7) is 12.6. The van der Waals surface area contributed by atoms with E-state index in [1.54, 1.807) is 0 Å². The number of carboxylic acid groups (broad SMARTS) is 1. The second kappa shape index (κ2) is 6.80. The number of rotatable bonds is 3. The summed E-state index contributed by atoms with van der Waals surface area (Å²) in [5.74, 6) is -0.833. The molecule has 1 rings (SSSR count). The van der Waals surface area contributed by atoms with Crippen molar-refractivity contribution in [1.29, 1.82) is 0 Å². The highest BCUT2D eigenvalue weighted by Gasteiger charge is 2.32. The molecule has 0 radical (unpaired) electrons. The van der Waals surface area contributed by atoms with Crippen molar-refractivity contribution in [3.05, 3.63) is 0 Å². The van der Waals surface area contributed by atoms with E-state index < -0.39 is 5.97 Å². The summed E-state index contributed by atoms with van der Waals surface area (Å²) in [5, 5.41) is 10.8. The Morgan fingerprint density at radius 1 is 1.47 bits per heavy atom. The molecule has 1 atom stereocenters. The zero-order valence-corrected chi connectivity index (χ0v) is 10.3. The van der Waals surface area contributed by atoms with Gasteiger partial charge in [0.15, 0.2) is 0 Å². The first-order valence-electron chi connectivity index (χ1n) is 5.61. The first-order chi connectivity index (χ1) is 6.96. The minimum atomic E-state index is -0.833. The molecule has 15 heavy (non-hydrogen) atoms. The maximum absolute atomic E-state index is 9.00. The van der Waals surface area contributed by atoms with Crippen LogP contribution in [0.25, 0.3) is 0 Å². The first kappa shape index (κ1) is 14.4. The third-order valence-electron chi connectivity index (χ3n) is 2.87. The van der Waals surface area contributed by atoms with Gasteiger partial charge in [-0.05, 0) is 33.0 Å². The average Bonchev–Trinajstić information content (AvgIpc) is 2.54. The van der Waals surface area contributed by atoms with Gasteiger partial charge in [-0.3, -0.25) is 9.69 Å². The average molecular weight is 216 g/mol. The molecule has 0 aliphatic carbocycles. The van der Waals surface area contributed by atoms with E-state index in [0.29, 0.717) is 5.54 Å². The molecule has 0 saturated carbocycles. The van der Waals surface area contributed by atoms with Crippen molar-refractivity contribution >= 4 is 5.97 Å². The normalized spacial score (nSPS) is 24.9. The van der Waals surface area contributed by atoms with Crippen LogP contribution < -0.4 is 5.32 Å². The van der Waals surface area contributed by atoms with E-state index in [1.807, 2.05) is 0 Å². The monoisotopic (exact) mass is 216 g/mol. The van der Waals surface area contributed by atoms with Crippen molar-refractivity contribution < 1.29 is 9.90 Å². The molecule has 0 aromatic carbocycles. The van der Waals surface area contributed by atoms with E-state index in [4.69, 9.17) is 9.90 Å². The van der Waals surface area contributed by atoms with Gasteiger partial charge in [0.05, 0.1) is 0 Å². The van der Waals surface area contributed by atoms with Crippen LogP contribution in [-0.2, 0) is 4.79 Å². The Morgan fingerprint density at radius 3 is 2.20 bits per heavy atom. The molecule has 1 heterocycles. The first-order valence-corrected chi connectivity index (χ1v) is 5.61.